The zero-order valence-electron chi connectivity index (χ0n) is 14.4. The fourth-order valence-corrected chi connectivity index (χ4v) is 3.25. The Kier molecular flexibility index (Phi) is 4.83. The first-order valence-corrected chi connectivity index (χ1v) is 8.39. The maximum atomic E-state index is 12.5. The number of carbonyl (C=O) groups excluding carboxylic acids is 1. The third-order valence-electron chi connectivity index (χ3n) is 4.48. The molecule has 0 radical (unpaired) electrons. The first-order valence-electron chi connectivity index (χ1n) is 8.39. The van der Waals surface area contributed by atoms with Crippen LogP contribution in [0.2, 0.25) is 0 Å². The maximum absolute atomic E-state index is 12.5. The summed E-state index contributed by atoms with van der Waals surface area (Å²) in [6.45, 7) is 6.03. The molecule has 1 saturated heterocycles. The molecule has 0 N–H and O–H groups in total. The summed E-state index contributed by atoms with van der Waals surface area (Å²) in [5, 5.41) is 3.88. The predicted octanol–water partition coefficient (Wildman–Crippen LogP) is 3.21. The molecule has 1 amide bonds. The van der Waals surface area contributed by atoms with Gasteiger partial charge in [-0.2, -0.15) is 4.98 Å². The summed E-state index contributed by atoms with van der Waals surface area (Å²) in [7, 11) is 0. The van der Waals surface area contributed by atoms with Gasteiger partial charge in [0.25, 0.3) is 5.91 Å². The highest BCUT2D eigenvalue weighted by Crippen LogP contribution is 2.23. The van der Waals surface area contributed by atoms with Crippen LogP contribution in [0.25, 0.3) is 11.4 Å². The number of carbonyl (C=O) groups is 1. The molecule has 0 aliphatic carbocycles. The summed E-state index contributed by atoms with van der Waals surface area (Å²) in [6.07, 6.45) is 3.31. The van der Waals surface area contributed by atoms with Gasteiger partial charge in [0.05, 0.1) is 0 Å². The van der Waals surface area contributed by atoms with E-state index in [-0.39, 0.29) is 24.6 Å². The summed E-state index contributed by atoms with van der Waals surface area (Å²) >= 11 is 0. The van der Waals surface area contributed by atoms with Crippen LogP contribution in [0.15, 0.2) is 28.8 Å². The Balaban J connectivity index is 1.59. The molecule has 2 heterocycles. The number of piperidine rings is 1. The molecule has 0 bridgehead atoms. The van der Waals surface area contributed by atoms with Crippen LogP contribution in [0.4, 0.5) is 0 Å². The Morgan fingerprint density at radius 1 is 1.25 bits per heavy atom. The van der Waals surface area contributed by atoms with Gasteiger partial charge in [-0.15, -0.1) is 0 Å². The van der Waals surface area contributed by atoms with Crippen LogP contribution in [0.5, 0.6) is 5.75 Å². The van der Waals surface area contributed by atoms with Crippen molar-refractivity contribution in [3.05, 3.63) is 30.2 Å². The van der Waals surface area contributed by atoms with Gasteiger partial charge in [0.15, 0.2) is 6.61 Å². The van der Waals surface area contributed by atoms with Gasteiger partial charge in [0.1, 0.15) is 5.75 Å². The molecule has 1 aromatic carbocycles. The van der Waals surface area contributed by atoms with Crippen molar-refractivity contribution in [3.63, 3.8) is 0 Å². The van der Waals surface area contributed by atoms with E-state index in [0.717, 1.165) is 18.4 Å². The fraction of sp³-hybridized carbons (Fsp3) is 0.500. The second-order valence-electron chi connectivity index (χ2n) is 6.38. The summed E-state index contributed by atoms with van der Waals surface area (Å²) in [6, 6.07) is 7.92. The Bertz CT molecular complexity index is 686. The monoisotopic (exact) mass is 329 g/mol. The molecule has 24 heavy (non-hydrogen) atoms. The Labute approximate surface area is 141 Å². The fourth-order valence-electron chi connectivity index (χ4n) is 3.25. The minimum absolute atomic E-state index is 0.0487. The maximum Gasteiger partial charge on any atom is 0.260 e. The van der Waals surface area contributed by atoms with E-state index in [1.165, 1.54) is 6.42 Å². The van der Waals surface area contributed by atoms with E-state index >= 15 is 0 Å². The summed E-state index contributed by atoms with van der Waals surface area (Å²) in [4.78, 5) is 18.6. The summed E-state index contributed by atoms with van der Waals surface area (Å²) in [5.41, 5.74) is 0.851. The second kappa shape index (κ2) is 7.03. The van der Waals surface area contributed by atoms with Crippen LogP contribution in [0.1, 0.15) is 39.0 Å². The minimum Gasteiger partial charge on any atom is -0.484 e. The molecule has 1 fully saturated rings. The normalized spacial score (nSPS) is 20.9. The quantitative estimate of drug-likeness (QED) is 0.861. The van der Waals surface area contributed by atoms with E-state index in [4.69, 9.17) is 9.26 Å². The lowest BCUT2D eigenvalue weighted by molar-refractivity contribution is -0.139. The first-order chi connectivity index (χ1) is 11.5. The molecule has 0 spiro atoms. The van der Waals surface area contributed by atoms with E-state index in [1.807, 2.05) is 29.2 Å². The lowest BCUT2D eigenvalue weighted by Crippen LogP contribution is -2.49. The molecule has 6 nitrogen and oxygen atoms in total. The molecule has 1 aliphatic heterocycles. The van der Waals surface area contributed by atoms with E-state index in [9.17, 15) is 4.79 Å². The van der Waals surface area contributed by atoms with E-state index in [2.05, 4.69) is 24.0 Å². The van der Waals surface area contributed by atoms with Crippen molar-refractivity contribution in [1.29, 1.82) is 0 Å². The van der Waals surface area contributed by atoms with Gasteiger partial charge in [0, 0.05) is 24.6 Å². The van der Waals surface area contributed by atoms with Crippen molar-refractivity contribution < 1.29 is 14.1 Å². The molecule has 1 aliphatic rings. The Morgan fingerprint density at radius 3 is 2.50 bits per heavy atom. The number of hydrogen-bond donors (Lipinski definition) is 0. The molecule has 128 valence electrons. The van der Waals surface area contributed by atoms with Crippen molar-refractivity contribution in [1.82, 2.24) is 15.0 Å². The molecular weight excluding hydrogens is 306 g/mol. The number of ether oxygens (including phenoxy) is 1. The highest BCUT2D eigenvalue weighted by atomic mass is 16.5. The highest BCUT2D eigenvalue weighted by molar-refractivity contribution is 5.78. The van der Waals surface area contributed by atoms with Gasteiger partial charge >= 0.3 is 0 Å². The van der Waals surface area contributed by atoms with Gasteiger partial charge in [-0.25, -0.2) is 0 Å². The molecule has 6 heteroatoms. The van der Waals surface area contributed by atoms with E-state index < -0.39 is 0 Å². The van der Waals surface area contributed by atoms with E-state index in [1.54, 1.807) is 6.92 Å². The number of hydrogen-bond acceptors (Lipinski definition) is 5. The van der Waals surface area contributed by atoms with Gasteiger partial charge in [0.2, 0.25) is 11.7 Å². The molecule has 2 aromatic rings. The van der Waals surface area contributed by atoms with E-state index in [0.29, 0.717) is 17.5 Å². The van der Waals surface area contributed by atoms with Crippen molar-refractivity contribution in [2.24, 2.45) is 0 Å². The second-order valence-corrected chi connectivity index (χ2v) is 6.38. The number of rotatable bonds is 4. The lowest BCUT2D eigenvalue weighted by Gasteiger charge is -2.38. The van der Waals surface area contributed by atoms with Crippen LogP contribution < -0.4 is 4.74 Å². The van der Waals surface area contributed by atoms with Crippen LogP contribution in [-0.4, -0.2) is 39.6 Å². The number of amides is 1. The summed E-state index contributed by atoms with van der Waals surface area (Å²) < 4.78 is 10.6. The average molecular weight is 329 g/mol. The zero-order valence-corrected chi connectivity index (χ0v) is 14.4. The van der Waals surface area contributed by atoms with Crippen molar-refractivity contribution in [2.45, 2.75) is 52.1 Å². The SMILES string of the molecule is Cc1nc(-c2ccc(OCC(=O)N3C(C)CCCC3C)cc2)no1. The highest BCUT2D eigenvalue weighted by Gasteiger charge is 2.28. The van der Waals surface area contributed by atoms with Crippen molar-refractivity contribution >= 4 is 5.91 Å². The van der Waals surface area contributed by atoms with Gasteiger partial charge < -0.3 is 14.2 Å². The number of likely N-dealkylation sites (tertiary alicyclic amines) is 1. The predicted molar refractivity (Wildman–Crippen MR) is 89.6 cm³/mol. The molecule has 2 atom stereocenters. The number of benzene rings is 1. The van der Waals surface area contributed by atoms with Crippen LogP contribution in [0, 0.1) is 6.92 Å². The van der Waals surface area contributed by atoms with Crippen LogP contribution in [-0.2, 0) is 4.79 Å². The third-order valence-corrected chi connectivity index (χ3v) is 4.48. The molecule has 0 saturated carbocycles. The first kappa shape index (κ1) is 16.5. The third kappa shape index (κ3) is 3.58. The Morgan fingerprint density at radius 2 is 1.92 bits per heavy atom. The zero-order chi connectivity index (χ0) is 17.1. The summed E-state index contributed by atoms with van der Waals surface area (Å²) in [5.74, 6) is 1.78. The largest absolute Gasteiger partial charge is 0.484 e. The van der Waals surface area contributed by atoms with Crippen LogP contribution in [0.3, 0.4) is 0 Å². The number of aryl methyl sites for hydroxylation is 1. The van der Waals surface area contributed by atoms with Gasteiger partial charge in [-0.3, -0.25) is 4.79 Å². The van der Waals surface area contributed by atoms with Gasteiger partial charge in [-0.05, 0) is 57.4 Å². The number of nitrogens with zero attached hydrogens (tertiary/aromatic N) is 3. The molecule has 1 aromatic heterocycles. The topological polar surface area (TPSA) is 68.5 Å². The van der Waals surface area contributed by atoms with Crippen molar-refractivity contribution in [3.8, 4) is 17.1 Å². The van der Waals surface area contributed by atoms with Crippen molar-refractivity contribution in [2.75, 3.05) is 6.61 Å². The number of aromatic nitrogens is 2. The average Bonchev–Trinajstić information content (AvgIpc) is 3.00. The standard InChI is InChI=1S/C18H23N3O3/c1-12-5-4-6-13(2)21(12)17(22)11-23-16-9-7-15(8-10-16)18-19-14(3)24-20-18/h7-10,12-13H,4-6,11H2,1-3H3. The Hall–Kier alpha value is -2.37. The van der Waals surface area contributed by atoms with Gasteiger partial charge in [-0.1, -0.05) is 5.16 Å². The van der Waals surface area contributed by atoms with Crippen LogP contribution >= 0.6 is 0 Å². The smallest absolute Gasteiger partial charge is 0.260 e. The minimum atomic E-state index is 0.0487. The molecular formula is C18H23N3O3. The lowest BCUT2D eigenvalue weighted by atomic mass is 9.97. The molecule has 3 rings (SSSR count). The molecule has 2 unspecified atom stereocenters.